The summed E-state index contributed by atoms with van der Waals surface area (Å²) >= 11 is 3.49. The molecule has 2 aliphatic rings. The van der Waals surface area contributed by atoms with Crippen molar-refractivity contribution in [1.82, 2.24) is 9.80 Å². The zero-order chi connectivity index (χ0) is 16.1. The first-order chi connectivity index (χ1) is 11.2. The van der Waals surface area contributed by atoms with Crippen molar-refractivity contribution in [1.29, 1.82) is 0 Å². The van der Waals surface area contributed by atoms with Gasteiger partial charge in [0.1, 0.15) is 0 Å². The molecule has 2 heterocycles. The molecule has 2 saturated heterocycles. The fraction of sp³-hybridized carbons (Fsp3) is 0.632. The van der Waals surface area contributed by atoms with Gasteiger partial charge in [-0.15, -0.1) is 0 Å². The van der Waals surface area contributed by atoms with Crippen LogP contribution < -0.4 is 0 Å². The molecule has 0 saturated carbocycles. The number of benzene rings is 1. The van der Waals surface area contributed by atoms with Crippen LogP contribution in [0, 0.1) is 5.92 Å². The summed E-state index contributed by atoms with van der Waals surface area (Å²) in [5.41, 5.74) is 1.33. The Bertz CT molecular complexity index is 509. The molecule has 3 nitrogen and oxygen atoms in total. The Kier molecular flexibility index (Phi) is 6.12. The van der Waals surface area contributed by atoms with Crippen molar-refractivity contribution in [2.75, 3.05) is 26.2 Å². The molecule has 1 aromatic rings. The molecule has 2 aliphatic heterocycles. The Morgan fingerprint density at radius 2 is 1.70 bits per heavy atom. The minimum absolute atomic E-state index is 0.206. The number of nitrogens with zero attached hydrogens (tertiary/aromatic N) is 2. The molecule has 0 spiro atoms. The van der Waals surface area contributed by atoms with Crippen LogP contribution in [-0.2, 0) is 11.3 Å². The molecule has 3 rings (SSSR count). The summed E-state index contributed by atoms with van der Waals surface area (Å²) in [5, 5.41) is 0. The molecule has 23 heavy (non-hydrogen) atoms. The van der Waals surface area contributed by atoms with Gasteiger partial charge >= 0.3 is 0 Å². The fourth-order valence-corrected chi connectivity index (χ4v) is 4.06. The molecular weight excluding hydrogens is 352 g/mol. The maximum absolute atomic E-state index is 12.8. The van der Waals surface area contributed by atoms with E-state index in [2.05, 4.69) is 50.0 Å². The van der Waals surface area contributed by atoms with E-state index in [0.717, 1.165) is 50.0 Å². The second-order valence-electron chi connectivity index (χ2n) is 6.94. The zero-order valence-electron chi connectivity index (χ0n) is 13.8. The van der Waals surface area contributed by atoms with E-state index >= 15 is 0 Å². The minimum Gasteiger partial charge on any atom is -0.342 e. The molecule has 1 aromatic carbocycles. The average molecular weight is 379 g/mol. The maximum atomic E-state index is 12.8. The van der Waals surface area contributed by atoms with Crippen molar-refractivity contribution in [2.24, 2.45) is 5.92 Å². The van der Waals surface area contributed by atoms with Gasteiger partial charge in [-0.25, -0.2) is 0 Å². The van der Waals surface area contributed by atoms with Crippen LogP contribution in [0.4, 0.5) is 0 Å². The van der Waals surface area contributed by atoms with Crippen molar-refractivity contribution in [3.05, 3.63) is 34.3 Å². The van der Waals surface area contributed by atoms with E-state index in [1.807, 2.05) is 0 Å². The second kappa shape index (κ2) is 8.29. The van der Waals surface area contributed by atoms with Gasteiger partial charge in [0, 0.05) is 30.7 Å². The van der Waals surface area contributed by atoms with Gasteiger partial charge in [0.2, 0.25) is 5.91 Å². The van der Waals surface area contributed by atoms with Gasteiger partial charge in [0.05, 0.1) is 5.92 Å². The number of hydrogen-bond acceptors (Lipinski definition) is 2. The normalized spacial score (nSPS) is 23.5. The lowest BCUT2D eigenvalue weighted by Gasteiger charge is -2.34. The topological polar surface area (TPSA) is 23.6 Å². The van der Waals surface area contributed by atoms with E-state index in [9.17, 15) is 4.79 Å². The smallest absolute Gasteiger partial charge is 0.226 e. The van der Waals surface area contributed by atoms with Crippen molar-refractivity contribution >= 4 is 21.8 Å². The lowest BCUT2D eigenvalue weighted by Crippen LogP contribution is -2.44. The quantitative estimate of drug-likeness (QED) is 0.791. The van der Waals surface area contributed by atoms with E-state index in [-0.39, 0.29) is 5.92 Å². The summed E-state index contributed by atoms with van der Waals surface area (Å²) < 4.78 is 1.12. The van der Waals surface area contributed by atoms with E-state index in [1.54, 1.807) is 0 Å². The molecule has 0 unspecified atom stereocenters. The number of rotatable bonds is 3. The lowest BCUT2D eigenvalue weighted by atomic mass is 9.96. The molecular formula is C19H27BrN2O. The van der Waals surface area contributed by atoms with Gasteiger partial charge in [-0.2, -0.15) is 0 Å². The van der Waals surface area contributed by atoms with Gasteiger partial charge in [0.25, 0.3) is 0 Å². The highest BCUT2D eigenvalue weighted by molar-refractivity contribution is 9.10. The summed E-state index contributed by atoms with van der Waals surface area (Å²) in [4.78, 5) is 17.4. The van der Waals surface area contributed by atoms with Gasteiger partial charge in [-0.3, -0.25) is 9.69 Å². The predicted molar refractivity (Wildman–Crippen MR) is 97.2 cm³/mol. The third kappa shape index (κ3) is 4.80. The van der Waals surface area contributed by atoms with Crippen LogP contribution >= 0.6 is 15.9 Å². The Morgan fingerprint density at radius 3 is 2.39 bits per heavy atom. The molecule has 2 fully saturated rings. The van der Waals surface area contributed by atoms with Crippen LogP contribution in [0.1, 0.15) is 44.1 Å². The van der Waals surface area contributed by atoms with Crippen LogP contribution in [0.25, 0.3) is 0 Å². The first kappa shape index (κ1) is 17.0. The molecule has 1 atom stereocenters. The Labute approximate surface area is 148 Å². The molecule has 0 aromatic heterocycles. The van der Waals surface area contributed by atoms with Crippen molar-refractivity contribution in [3.63, 3.8) is 0 Å². The van der Waals surface area contributed by atoms with Crippen molar-refractivity contribution in [2.45, 2.75) is 45.1 Å². The van der Waals surface area contributed by atoms with Crippen LogP contribution in [0.2, 0.25) is 0 Å². The molecule has 0 radical (unpaired) electrons. The highest BCUT2D eigenvalue weighted by Gasteiger charge is 2.29. The predicted octanol–water partition coefficient (Wildman–Crippen LogP) is 4.06. The number of carbonyl (C=O) groups is 1. The van der Waals surface area contributed by atoms with E-state index in [0.29, 0.717) is 5.91 Å². The SMILES string of the molecule is O=C([C@H]1CCCN(Cc2ccc(Br)cc2)C1)N1CCCCCC1. The highest BCUT2D eigenvalue weighted by atomic mass is 79.9. The fourth-order valence-electron chi connectivity index (χ4n) is 3.80. The summed E-state index contributed by atoms with van der Waals surface area (Å²) in [6, 6.07) is 8.53. The summed E-state index contributed by atoms with van der Waals surface area (Å²) in [6.45, 7) is 4.94. The minimum atomic E-state index is 0.206. The van der Waals surface area contributed by atoms with E-state index < -0.39 is 0 Å². The molecule has 0 aliphatic carbocycles. The largest absolute Gasteiger partial charge is 0.342 e. The highest BCUT2D eigenvalue weighted by Crippen LogP contribution is 2.22. The Hall–Kier alpha value is -0.870. The van der Waals surface area contributed by atoms with E-state index in [1.165, 1.54) is 31.2 Å². The Morgan fingerprint density at radius 1 is 1.00 bits per heavy atom. The summed E-state index contributed by atoms with van der Waals surface area (Å²) in [5.74, 6) is 0.615. The number of amides is 1. The number of likely N-dealkylation sites (tertiary alicyclic amines) is 2. The number of carbonyl (C=O) groups excluding carboxylic acids is 1. The third-order valence-electron chi connectivity index (χ3n) is 5.09. The van der Waals surface area contributed by atoms with Gasteiger partial charge in [-0.05, 0) is 49.9 Å². The molecule has 0 N–H and O–H groups in total. The van der Waals surface area contributed by atoms with Crippen LogP contribution in [0.5, 0.6) is 0 Å². The standard InChI is InChI=1S/C19H27BrN2O/c20-18-9-7-16(8-10-18)14-21-11-5-6-17(15-21)19(23)22-12-3-1-2-4-13-22/h7-10,17H,1-6,11-15H2/t17-/m0/s1. The molecule has 126 valence electrons. The lowest BCUT2D eigenvalue weighted by molar-refractivity contribution is -0.137. The zero-order valence-corrected chi connectivity index (χ0v) is 15.4. The summed E-state index contributed by atoms with van der Waals surface area (Å²) in [6.07, 6.45) is 7.13. The van der Waals surface area contributed by atoms with Crippen LogP contribution in [0.15, 0.2) is 28.7 Å². The molecule has 0 bridgehead atoms. The third-order valence-corrected chi connectivity index (χ3v) is 5.62. The number of hydrogen-bond donors (Lipinski definition) is 0. The van der Waals surface area contributed by atoms with Crippen LogP contribution in [-0.4, -0.2) is 41.9 Å². The van der Waals surface area contributed by atoms with Gasteiger partial charge in [-0.1, -0.05) is 40.9 Å². The maximum Gasteiger partial charge on any atom is 0.226 e. The average Bonchev–Trinajstić information content (AvgIpc) is 2.86. The molecule has 4 heteroatoms. The first-order valence-corrected chi connectivity index (χ1v) is 9.77. The van der Waals surface area contributed by atoms with Crippen molar-refractivity contribution < 1.29 is 4.79 Å². The van der Waals surface area contributed by atoms with Gasteiger partial charge < -0.3 is 4.90 Å². The van der Waals surface area contributed by atoms with E-state index in [4.69, 9.17) is 0 Å². The monoisotopic (exact) mass is 378 g/mol. The molecule has 1 amide bonds. The van der Waals surface area contributed by atoms with Gasteiger partial charge in [0.15, 0.2) is 0 Å². The Balaban J connectivity index is 1.56. The van der Waals surface area contributed by atoms with Crippen molar-refractivity contribution in [3.8, 4) is 0 Å². The number of halogens is 1. The first-order valence-electron chi connectivity index (χ1n) is 8.98. The summed E-state index contributed by atoms with van der Waals surface area (Å²) in [7, 11) is 0. The van der Waals surface area contributed by atoms with Crippen LogP contribution in [0.3, 0.4) is 0 Å². The number of piperidine rings is 1. The second-order valence-corrected chi connectivity index (χ2v) is 7.86.